The Morgan fingerprint density at radius 1 is 1.24 bits per heavy atom. The maximum Gasteiger partial charge on any atom is 0.252 e. The average Bonchev–Trinajstić information content (AvgIpc) is 2.52. The first-order chi connectivity index (χ1) is 10.2. The normalized spacial score (nSPS) is 10.2. The van der Waals surface area contributed by atoms with Gasteiger partial charge in [-0.25, -0.2) is 4.98 Å². The van der Waals surface area contributed by atoms with Crippen molar-refractivity contribution in [2.75, 3.05) is 25.0 Å². The van der Waals surface area contributed by atoms with E-state index in [-0.39, 0.29) is 5.91 Å². The van der Waals surface area contributed by atoms with Crippen LogP contribution in [0.5, 0.6) is 0 Å². The Morgan fingerprint density at radius 2 is 2.00 bits per heavy atom. The Kier molecular flexibility index (Phi) is 5.58. The van der Waals surface area contributed by atoms with Gasteiger partial charge < -0.3 is 10.2 Å². The summed E-state index contributed by atoms with van der Waals surface area (Å²) in [5, 5.41) is 3.26. The molecule has 0 spiro atoms. The van der Waals surface area contributed by atoms with Crippen LogP contribution in [-0.2, 0) is 0 Å². The summed E-state index contributed by atoms with van der Waals surface area (Å²) in [6.45, 7) is 1.50. The molecule has 0 aliphatic heterocycles. The molecule has 0 aliphatic rings. The summed E-state index contributed by atoms with van der Waals surface area (Å²) >= 11 is 5.69. The maximum atomic E-state index is 11.9. The van der Waals surface area contributed by atoms with Crippen molar-refractivity contribution in [1.29, 1.82) is 0 Å². The molecule has 0 bridgehead atoms. The fourth-order valence-corrected chi connectivity index (χ4v) is 2.05. The summed E-state index contributed by atoms with van der Waals surface area (Å²) in [6.07, 6.45) is 2.35. The van der Waals surface area contributed by atoms with Crippen LogP contribution in [0, 0.1) is 0 Å². The van der Waals surface area contributed by atoms with Crippen molar-refractivity contribution < 1.29 is 4.79 Å². The lowest BCUT2D eigenvalue weighted by molar-refractivity contribution is 0.0953. The van der Waals surface area contributed by atoms with E-state index in [9.17, 15) is 4.79 Å². The van der Waals surface area contributed by atoms with E-state index >= 15 is 0 Å². The van der Waals surface area contributed by atoms with Crippen LogP contribution in [0.25, 0.3) is 0 Å². The van der Waals surface area contributed by atoms with Crippen molar-refractivity contribution in [1.82, 2.24) is 10.3 Å². The number of anilines is 1. The lowest BCUT2D eigenvalue weighted by Crippen LogP contribution is -2.28. The van der Waals surface area contributed by atoms with Gasteiger partial charge in [-0.3, -0.25) is 4.79 Å². The van der Waals surface area contributed by atoms with E-state index in [4.69, 9.17) is 11.6 Å². The molecule has 0 radical (unpaired) electrons. The van der Waals surface area contributed by atoms with Gasteiger partial charge in [0.25, 0.3) is 5.91 Å². The molecule has 110 valence electrons. The van der Waals surface area contributed by atoms with Crippen LogP contribution in [-0.4, -0.2) is 31.0 Å². The van der Waals surface area contributed by atoms with E-state index in [1.54, 1.807) is 12.1 Å². The second-order valence-corrected chi connectivity index (χ2v) is 5.12. The van der Waals surface area contributed by atoms with E-state index in [1.807, 2.05) is 25.2 Å². The molecule has 0 aliphatic carbocycles. The number of nitrogens with one attached hydrogen (secondary N) is 1. The van der Waals surface area contributed by atoms with Crippen molar-refractivity contribution in [2.24, 2.45) is 0 Å². The molecule has 0 unspecified atom stereocenters. The number of nitrogens with zero attached hydrogens (tertiary/aromatic N) is 2. The maximum absolute atomic E-state index is 11.9. The minimum atomic E-state index is -0.124. The van der Waals surface area contributed by atoms with E-state index in [1.165, 1.54) is 11.9 Å². The minimum absolute atomic E-state index is 0.124. The van der Waals surface area contributed by atoms with Crippen LogP contribution < -0.4 is 10.2 Å². The molecule has 5 heteroatoms. The smallest absolute Gasteiger partial charge is 0.252 e. The molecule has 2 rings (SSSR count). The molecule has 0 saturated heterocycles. The van der Waals surface area contributed by atoms with Crippen LogP contribution >= 0.6 is 11.6 Å². The van der Waals surface area contributed by atoms with Gasteiger partial charge in [0.2, 0.25) is 0 Å². The van der Waals surface area contributed by atoms with Crippen LogP contribution in [0.15, 0.2) is 48.7 Å². The first-order valence-electron chi connectivity index (χ1n) is 6.83. The molecule has 1 heterocycles. The number of benzene rings is 1. The van der Waals surface area contributed by atoms with Crippen molar-refractivity contribution in [3.05, 3.63) is 59.4 Å². The van der Waals surface area contributed by atoms with Crippen LogP contribution in [0.4, 0.5) is 5.69 Å². The zero-order valence-electron chi connectivity index (χ0n) is 11.9. The molecule has 1 aromatic carbocycles. The number of carbonyl (C=O) groups excluding carboxylic acids is 1. The average molecular weight is 304 g/mol. The summed E-state index contributed by atoms with van der Waals surface area (Å²) < 4.78 is 0. The first-order valence-corrected chi connectivity index (χ1v) is 7.20. The number of amides is 1. The third-order valence-electron chi connectivity index (χ3n) is 3.14. The van der Waals surface area contributed by atoms with Gasteiger partial charge in [-0.1, -0.05) is 29.8 Å². The monoisotopic (exact) mass is 303 g/mol. The van der Waals surface area contributed by atoms with Gasteiger partial charge in [-0.05, 0) is 30.7 Å². The first kappa shape index (κ1) is 15.3. The highest BCUT2D eigenvalue weighted by Gasteiger charge is 2.05. The molecular formula is C16H18ClN3O. The third-order valence-corrected chi connectivity index (χ3v) is 3.37. The highest BCUT2D eigenvalue weighted by atomic mass is 35.5. The van der Waals surface area contributed by atoms with Gasteiger partial charge >= 0.3 is 0 Å². The molecule has 0 atom stereocenters. The molecule has 0 saturated carbocycles. The number of aromatic nitrogens is 1. The number of hydrogen-bond acceptors (Lipinski definition) is 3. The Morgan fingerprint density at radius 3 is 2.67 bits per heavy atom. The van der Waals surface area contributed by atoms with Gasteiger partial charge in [-0.2, -0.15) is 0 Å². The quantitative estimate of drug-likeness (QED) is 0.659. The van der Waals surface area contributed by atoms with Crippen molar-refractivity contribution >= 4 is 23.2 Å². The molecule has 4 nitrogen and oxygen atoms in total. The SMILES string of the molecule is CN(CCCNC(=O)c1ccc(Cl)nc1)c1ccccc1. The molecule has 21 heavy (non-hydrogen) atoms. The number of pyridine rings is 1. The standard InChI is InChI=1S/C16H18ClN3O/c1-20(14-6-3-2-4-7-14)11-5-10-18-16(21)13-8-9-15(17)19-12-13/h2-4,6-9,12H,5,10-11H2,1H3,(H,18,21). The fourth-order valence-electron chi connectivity index (χ4n) is 1.94. The number of rotatable bonds is 6. The highest BCUT2D eigenvalue weighted by molar-refractivity contribution is 6.29. The second kappa shape index (κ2) is 7.64. The third kappa shape index (κ3) is 4.76. The van der Waals surface area contributed by atoms with E-state index in [0.29, 0.717) is 17.3 Å². The predicted molar refractivity (Wildman–Crippen MR) is 85.9 cm³/mol. The number of para-hydroxylation sites is 1. The zero-order chi connectivity index (χ0) is 15.1. The number of hydrogen-bond donors (Lipinski definition) is 1. The van der Waals surface area contributed by atoms with Crippen molar-refractivity contribution in [3.8, 4) is 0 Å². The van der Waals surface area contributed by atoms with Gasteiger partial charge in [0, 0.05) is 32.0 Å². The summed E-state index contributed by atoms with van der Waals surface area (Å²) in [6, 6.07) is 13.4. The minimum Gasteiger partial charge on any atom is -0.375 e. The summed E-state index contributed by atoms with van der Waals surface area (Å²) in [5.41, 5.74) is 1.70. The molecular weight excluding hydrogens is 286 g/mol. The van der Waals surface area contributed by atoms with Gasteiger partial charge in [-0.15, -0.1) is 0 Å². The molecule has 1 amide bonds. The second-order valence-electron chi connectivity index (χ2n) is 4.74. The predicted octanol–water partition coefficient (Wildman–Crippen LogP) is 2.99. The van der Waals surface area contributed by atoms with Gasteiger partial charge in [0.05, 0.1) is 5.56 Å². The van der Waals surface area contributed by atoms with E-state index in [2.05, 4.69) is 27.3 Å². The topological polar surface area (TPSA) is 45.2 Å². The van der Waals surface area contributed by atoms with E-state index < -0.39 is 0 Å². The summed E-state index contributed by atoms with van der Waals surface area (Å²) in [4.78, 5) is 17.9. The Hall–Kier alpha value is -2.07. The van der Waals surface area contributed by atoms with Crippen molar-refractivity contribution in [3.63, 3.8) is 0 Å². The molecule has 2 aromatic rings. The van der Waals surface area contributed by atoms with E-state index in [0.717, 1.165) is 13.0 Å². The lowest BCUT2D eigenvalue weighted by atomic mass is 10.2. The fraction of sp³-hybridized carbons (Fsp3) is 0.250. The lowest BCUT2D eigenvalue weighted by Gasteiger charge is -2.19. The van der Waals surface area contributed by atoms with Crippen molar-refractivity contribution in [2.45, 2.75) is 6.42 Å². The highest BCUT2D eigenvalue weighted by Crippen LogP contribution is 2.10. The largest absolute Gasteiger partial charge is 0.375 e. The Balaban J connectivity index is 1.72. The number of carbonyl (C=O) groups is 1. The summed E-state index contributed by atoms with van der Waals surface area (Å²) in [7, 11) is 2.04. The Labute approximate surface area is 129 Å². The van der Waals surface area contributed by atoms with Gasteiger partial charge in [0.1, 0.15) is 5.15 Å². The zero-order valence-corrected chi connectivity index (χ0v) is 12.7. The molecule has 0 fully saturated rings. The van der Waals surface area contributed by atoms with Crippen LogP contribution in [0.1, 0.15) is 16.8 Å². The number of halogens is 1. The molecule has 1 aromatic heterocycles. The van der Waals surface area contributed by atoms with Crippen LogP contribution in [0.2, 0.25) is 5.15 Å². The summed E-state index contributed by atoms with van der Waals surface area (Å²) in [5.74, 6) is -0.124. The molecule has 1 N–H and O–H groups in total. The Bertz CT molecular complexity index is 572. The van der Waals surface area contributed by atoms with Crippen LogP contribution in [0.3, 0.4) is 0 Å². The van der Waals surface area contributed by atoms with Gasteiger partial charge in [0.15, 0.2) is 0 Å².